The molecular weight excluding hydrogens is 239 g/mol. The van der Waals surface area contributed by atoms with Gasteiger partial charge in [0.05, 0.1) is 0 Å². The standard InChI is InChI=1S/C9H5N3.Y/c1-2-8(4-10-3-1)9-5-11-7-12-6-9;/h1,3-5,7H;/q-2;. The van der Waals surface area contributed by atoms with Crippen LogP contribution in [0.25, 0.3) is 11.1 Å². The van der Waals surface area contributed by atoms with Crippen molar-refractivity contribution >= 4 is 0 Å². The molecular formula is C9H5N3Y-2. The van der Waals surface area contributed by atoms with Crippen LogP contribution in [0, 0.1) is 12.3 Å². The molecule has 0 bridgehead atoms. The van der Waals surface area contributed by atoms with Crippen LogP contribution in [0.2, 0.25) is 0 Å². The van der Waals surface area contributed by atoms with E-state index >= 15 is 0 Å². The molecule has 0 amide bonds. The number of aromatic nitrogens is 3. The summed E-state index contributed by atoms with van der Waals surface area (Å²) in [5.41, 5.74) is 1.67. The van der Waals surface area contributed by atoms with E-state index in [1.807, 2.05) is 0 Å². The third-order valence-electron chi connectivity index (χ3n) is 1.41. The minimum atomic E-state index is 0. The van der Waals surface area contributed by atoms with Gasteiger partial charge >= 0.3 is 0 Å². The Hall–Kier alpha value is -0.666. The van der Waals surface area contributed by atoms with Crippen LogP contribution in [-0.4, -0.2) is 15.0 Å². The summed E-state index contributed by atoms with van der Waals surface area (Å²) < 4.78 is 0. The predicted molar refractivity (Wildman–Crippen MR) is 42.9 cm³/mol. The van der Waals surface area contributed by atoms with Crippen molar-refractivity contribution in [3.63, 3.8) is 0 Å². The molecule has 0 saturated carbocycles. The van der Waals surface area contributed by atoms with E-state index in [9.17, 15) is 0 Å². The number of nitrogens with zero attached hydrogens (tertiary/aromatic N) is 3. The molecule has 2 aromatic heterocycles. The Morgan fingerprint density at radius 1 is 1.08 bits per heavy atom. The topological polar surface area (TPSA) is 38.7 Å². The molecule has 2 heterocycles. The first kappa shape index (κ1) is 10.4. The quantitative estimate of drug-likeness (QED) is 0.706. The number of hydrogen-bond acceptors (Lipinski definition) is 3. The first-order valence-corrected chi connectivity index (χ1v) is 3.46. The summed E-state index contributed by atoms with van der Waals surface area (Å²) >= 11 is 0. The van der Waals surface area contributed by atoms with Gasteiger partial charge < -0.3 is 15.0 Å². The smallest absolute Gasteiger partial charge is 0.0270 e. The third-order valence-corrected chi connectivity index (χ3v) is 1.41. The Balaban J connectivity index is 0.000000845. The maximum Gasteiger partial charge on any atom is 0.0270 e. The van der Waals surface area contributed by atoms with Crippen molar-refractivity contribution < 1.29 is 32.7 Å². The van der Waals surface area contributed by atoms with Crippen LogP contribution < -0.4 is 0 Å². The van der Waals surface area contributed by atoms with E-state index in [4.69, 9.17) is 0 Å². The molecule has 0 atom stereocenters. The van der Waals surface area contributed by atoms with E-state index in [0.29, 0.717) is 0 Å². The molecule has 0 spiro atoms. The predicted octanol–water partition coefficient (Wildman–Crippen LogP) is 1.14. The van der Waals surface area contributed by atoms with Crippen LogP contribution in [0.1, 0.15) is 0 Å². The van der Waals surface area contributed by atoms with Crippen molar-refractivity contribution in [2.75, 3.05) is 0 Å². The van der Waals surface area contributed by atoms with E-state index < -0.39 is 0 Å². The van der Waals surface area contributed by atoms with Gasteiger partial charge in [0, 0.05) is 39.0 Å². The molecule has 0 aliphatic carbocycles. The van der Waals surface area contributed by atoms with Gasteiger partial charge in [0.25, 0.3) is 0 Å². The number of rotatable bonds is 1. The molecule has 0 aliphatic heterocycles. The summed E-state index contributed by atoms with van der Waals surface area (Å²) in [5.74, 6) is 0. The minimum absolute atomic E-state index is 0. The Kier molecular flexibility index (Phi) is 4.12. The molecule has 0 fully saturated rings. The van der Waals surface area contributed by atoms with Gasteiger partial charge in [-0.3, -0.25) is 0 Å². The van der Waals surface area contributed by atoms with Crippen LogP contribution in [0.15, 0.2) is 31.0 Å². The molecule has 2 rings (SSSR count). The maximum atomic E-state index is 3.95. The maximum absolute atomic E-state index is 3.95. The second-order valence-corrected chi connectivity index (χ2v) is 2.20. The summed E-state index contributed by atoms with van der Waals surface area (Å²) in [6.45, 7) is 0. The molecule has 3 nitrogen and oxygen atoms in total. The van der Waals surface area contributed by atoms with Gasteiger partial charge in [0.2, 0.25) is 0 Å². The average molecular weight is 244 g/mol. The second-order valence-electron chi connectivity index (χ2n) is 2.20. The van der Waals surface area contributed by atoms with Gasteiger partial charge in [0.15, 0.2) is 0 Å². The molecule has 13 heavy (non-hydrogen) atoms. The Morgan fingerprint density at radius 3 is 2.54 bits per heavy atom. The average Bonchev–Trinajstić information content (AvgIpc) is 2.21. The van der Waals surface area contributed by atoms with Crippen molar-refractivity contribution in [2.24, 2.45) is 0 Å². The van der Waals surface area contributed by atoms with E-state index in [1.165, 1.54) is 6.33 Å². The summed E-state index contributed by atoms with van der Waals surface area (Å²) in [6, 6.07) is 4.76. The van der Waals surface area contributed by atoms with E-state index in [2.05, 4.69) is 27.2 Å². The van der Waals surface area contributed by atoms with E-state index in [0.717, 1.165) is 11.1 Å². The van der Waals surface area contributed by atoms with Gasteiger partial charge in [-0.1, -0.05) is 24.8 Å². The number of hydrogen-bond donors (Lipinski definition) is 0. The molecule has 4 heteroatoms. The van der Waals surface area contributed by atoms with Gasteiger partial charge in [-0.2, -0.15) is 11.6 Å². The Morgan fingerprint density at radius 2 is 1.92 bits per heavy atom. The summed E-state index contributed by atoms with van der Waals surface area (Å²) in [4.78, 5) is 11.6. The van der Waals surface area contributed by atoms with Gasteiger partial charge in [-0.25, -0.2) is 5.56 Å². The molecule has 0 saturated heterocycles. The fourth-order valence-electron chi connectivity index (χ4n) is 0.870. The monoisotopic (exact) mass is 244 g/mol. The van der Waals surface area contributed by atoms with Crippen LogP contribution in [0.4, 0.5) is 0 Å². The summed E-state index contributed by atoms with van der Waals surface area (Å²) in [6.07, 6.45) is 9.30. The first-order chi connectivity index (χ1) is 5.97. The summed E-state index contributed by atoms with van der Waals surface area (Å²) in [5, 5.41) is 0. The van der Waals surface area contributed by atoms with Gasteiger partial charge in [-0.05, 0) is 0 Å². The fraction of sp³-hybridized carbons (Fsp3) is 0. The molecule has 1 radical (unpaired) electrons. The zero-order valence-corrected chi connectivity index (χ0v) is 9.64. The summed E-state index contributed by atoms with van der Waals surface area (Å²) in [7, 11) is 0. The van der Waals surface area contributed by atoms with Crippen LogP contribution >= 0.6 is 0 Å². The molecule has 0 aliphatic rings. The van der Waals surface area contributed by atoms with Crippen molar-refractivity contribution in [1.82, 2.24) is 15.0 Å². The van der Waals surface area contributed by atoms with Crippen molar-refractivity contribution in [3.05, 3.63) is 43.2 Å². The molecule has 61 valence electrons. The molecule has 2 aromatic rings. The second kappa shape index (κ2) is 5.15. The van der Waals surface area contributed by atoms with Crippen molar-refractivity contribution in [3.8, 4) is 11.1 Å². The molecule has 0 unspecified atom stereocenters. The third kappa shape index (κ3) is 2.64. The van der Waals surface area contributed by atoms with Crippen LogP contribution in [-0.2, 0) is 32.7 Å². The van der Waals surface area contributed by atoms with Crippen molar-refractivity contribution in [1.29, 1.82) is 0 Å². The Bertz CT molecular complexity index is 312. The Labute approximate surface area is 102 Å². The van der Waals surface area contributed by atoms with Crippen molar-refractivity contribution in [2.45, 2.75) is 0 Å². The fourth-order valence-corrected chi connectivity index (χ4v) is 0.870. The zero-order chi connectivity index (χ0) is 8.23. The molecule has 0 N–H and O–H groups in total. The number of pyridine rings is 1. The first-order valence-electron chi connectivity index (χ1n) is 3.46. The van der Waals surface area contributed by atoms with Gasteiger partial charge in [-0.15, -0.1) is 6.07 Å². The molecule has 0 aromatic carbocycles. The largest absolute Gasteiger partial charge is 0.370 e. The van der Waals surface area contributed by atoms with Gasteiger partial charge in [0.1, 0.15) is 0 Å². The zero-order valence-electron chi connectivity index (χ0n) is 6.81. The normalized spacial score (nSPS) is 8.92. The SMILES string of the molecule is [Y].[c-]1ccncc1-c1[c-]ncnc1. The van der Waals surface area contributed by atoms with Crippen LogP contribution in [0.3, 0.4) is 0 Å². The van der Waals surface area contributed by atoms with E-state index in [-0.39, 0.29) is 32.7 Å². The van der Waals surface area contributed by atoms with Crippen LogP contribution in [0.5, 0.6) is 0 Å². The van der Waals surface area contributed by atoms with E-state index in [1.54, 1.807) is 24.7 Å². The minimum Gasteiger partial charge on any atom is -0.370 e.